The fourth-order valence-electron chi connectivity index (χ4n) is 13.5. The molecule has 0 bridgehead atoms. The molecule has 0 radical (unpaired) electrons. The number of hydrogen-bond donors (Lipinski definition) is 0. The van der Waals surface area contributed by atoms with Crippen LogP contribution in [-0.4, -0.2) is 36.7 Å². The number of unbranched alkanes of at least 4 members (excludes halogenated alkanes) is 1. The molecule has 2 aliphatic heterocycles. The van der Waals surface area contributed by atoms with Crippen LogP contribution in [0.5, 0.6) is 0 Å². The summed E-state index contributed by atoms with van der Waals surface area (Å²) in [6.45, 7) is 10.6. The highest BCUT2D eigenvalue weighted by Gasteiger charge is 2.68. The molecule has 6 aliphatic rings. The van der Waals surface area contributed by atoms with Crippen LogP contribution in [0.25, 0.3) is 0 Å². The van der Waals surface area contributed by atoms with Gasteiger partial charge in [0.25, 0.3) is 0 Å². The van der Waals surface area contributed by atoms with Gasteiger partial charge in [0.05, 0.1) is 18.9 Å². The molecule has 0 amide bonds. The average molecular weight is 894 g/mol. The van der Waals surface area contributed by atoms with Crippen molar-refractivity contribution in [3.8, 4) is 0 Å². The first-order valence-corrected chi connectivity index (χ1v) is 24.2. The fourth-order valence-corrected chi connectivity index (χ4v) is 17.9. The highest BCUT2D eigenvalue weighted by molar-refractivity contribution is 7.95. The van der Waals surface area contributed by atoms with E-state index in [-0.39, 0.29) is 63.1 Å². The molecule has 9 heteroatoms. The molecule has 3 aromatic carbocycles. The van der Waals surface area contributed by atoms with Crippen molar-refractivity contribution in [2.45, 2.75) is 123 Å². The summed E-state index contributed by atoms with van der Waals surface area (Å²) in [6.07, 6.45) is 14.8. The van der Waals surface area contributed by atoms with Crippen LogP contribution >= 0.6 is 7.26 Å². The van der Waals surface area contributed by atoms with Crippen molar-refractivity contribution in [2.24, 2.45) is 46.3 Å². The topological polar surface area (TPSA) is 44.8 Å². The standard InChI is InChI=1S/C50H61F3O4P.BrH/c1-32-22-27-50(55-31-32)33(2)47-45(57-50)30-44-42-21-8-34-29-38(23-25-48(34,3)43(42)24-26-49(44,47)4)56-46(54)7-5-6-28-58(39-15-9-35(51)10-16-39,40-17-11-36(52)12-18-40)41-19-13-37(53)14-20-41;/h8-20,32-33,38,42-45,47H,5-7,21-31H2,1-4H3;1H/q+1;/p-1/t32-,33+,38+,42-,43+,44+,45+,47+,48+,49+,50-;/m1./s1. The molecule has 5 fully saturated rings. The minimum Gasteiger partial charge on any atom is -1.00 e. The van der Waals surface area contributed by atoms with E-state index in [9.17, 15) is 18.0 Å². The van der Waals surface area contributed by atoms with Crippen LogP contribution in [0.3, 0.4) is 0 Å². The maximum atomic E-state index is 14.2. The number of halogens is 4. The van der Waals surface area contributed by atoms with Gasteiger partial charge >= 0.3 is 5.97 Å². The number of hydrogen-bond acceptors (Lipinski definition) is 4. The van der Waals surface area contributed by atoms with Crippen LogP contribution < -0.4 is 32.9 Å². The first-order chi connectivity index (χ1) is 27.8. The summed E-state index contributed by atoms with van der Waals surface area (Å²) in [7, 11) is -2.45. The number of carbonyl (C=O) groups is 1. The summed E-state index contributed by atoms with van der Waals surface area (Å²) in [4.78, 5) is 13.5. The zero-order chi connectivity index (χ0) is 40.5. The van der Waals surface area contributed by atoms with Gasteiger partial charge in [-0.3, -0.25) is 4.79 Å². The van der Waals surface area contributed by atoms with Gasteiger partial charge in [0, 0.05) is 25.2 Å². The summed E-state index contributed by atoms with van der Waals surface area (Å²) in [6, 6.07) is 19.5. The van der Waals surface area contributed by atoms with E-state index < -0.39 is 7.26 Å². The molecule has 318 valence electrons. The average Bonchev–Trinajstić information content (AvgIpc) is 3.66. The maximum Gasteiger partial charge on any atom is 0.306 e. The van der Waals surface area contributed by atoms with Crippen molar-refractivity contribution in [3.05, 3.63) is 102 Å². The Morgan fingerprint density at radius 2 is 1.41 bits per heavy atom. The molecule has 4 nitrogen and oxygen atoms in total. The normalized spacial score (nSPS) is 36.1. The Kier molecular flexibility index (Phi) is 12.2. The lowest BCUT2D eigenvalue weighted by Crippen LogP contribution is -3.00. The summed E-state index contributed by atoms with van der Waals surface area (Å²) in [5, 5.41) is 2.80. The Hall–Kier alpha value is -2.51. The quantitative estimate of drug-likeness (QED) is 0.0952. The highest BCUT2D eigenvalue weighted by Crippen LogP contribution is 2.70. The number of fused-ring (bicyclic) bond motifs is 7. The van der Waals surface area contributed by atoms with Crippen LogP contribution in [-0.2, 0) is 19.0 Å². The van der Waals surface area contributed by atoms with Crippen molar-refractivity contribution in [1.82, 2.24) is 0 Å². The van der Waals surface area contributed by atoms with Gasteiger partial charge in [-0.15, -0.1) is 0 Å². The van der Waals surface area contributed by atoms with E-state index >= 15 is 0 Å². The number of esters is 1. The molecule has 0 N–H and O–H groups in total. The molecular weight excluding hydrogens is 832 g/mol. The number of rotatable bonds is 9. The SMILES string of the molecule is C[C@@H]1CC[C@@]2(OC1)O[C@H]1C[C@H]3[C@@H]4CC=C5C[C@@H](OC(=O)CCCC[P+](c6ccc(F)cc6)(c6ccc(F)cc6)c6ccc(F)cc6)CC[C@]5(C)[C@H]4CC[C@]3(C)[C@H]1[C@@H]2C.[Br-]. The number of carbonyl (C=O) groups excluding carboxylic acids is 1. The van der Waals surface area contributed by atoms with Crippen molar-refractivity contribution in [2.75, 3.05) is 12.8 Å². The Morgan fingerprint density at radius 1 is 0.797 bits per heavy atom. The number of allylic oxidation sites excluding steroid dienone is 1. The molecule has 2 heterocycles. The van der Waals surface area contributed by atoms with Gasteiger partial charge in [-0.25, -0.2) is 13.2 Å². The van der Waals surface area contributed by atoms with Crippen molar-refractivity contribution in [1.29, 1.82) is 0 Å². The lowest BCUT2D eigenvalue weighted by molar-refractivity contribution is -0.272. The van der Waals surface area contributed by atoms with Crippen LogP contribution in [0, 0.1) is 63.8 Å². The summed E-state index contributed by atoms with van der Waals surface area (Å²) in [5.74, 6) is 2.05. The first kappa shape index (κ1) is 43.2. The number of benzene rings is 3. The largest absolute Gasteiger partial charge is 1.00 e. The fraction of sp³-hybridized carbons (Fsp3) is 0.580. The molecule has 1 spiro atoms. The van der Waals surface area contributed by atoms with Crippen molar-refractivity contribution >= 4 is 29.1 Å². The Bertz CT molecular complexity index is 1890. The zero-order valence-corrected chi connectivity index (χ0v) is 37.6. The van der Waals surface area contributed by atoms with Gasteiger partial charge in [0.2, 0.25) is 0 Å². The van der Waals surface area contributed by atoms with Crippen LogP contribution in [0.4, 0.5) is 13.2 Å². The van der Waals surface area contributed by atoms with E-state index in [0.29, 0.717) is 67.0 Å². The molecule has 0 unspecified atom stereocenters. The molecule has 0 aromatic heterocycles. The smallest absolute Gasteiger partial charge is 0.306 e. The summed E-state index contributed by atoms with van der Waals surface area (Å²) in [5.41, 5.74) is 1.93. The second-order valence-corrected chi connectivity index (χ2v) is 23.2. The van der Waals surface area contributed by atoms with Gasteiger partial charge in [-0.2, -0.15) is 0 Å². The predicted molar refractivity (Wildman–Crippen MR) is 225 cm³/mol. The van der Waals surface area contributed by atoms with Crippen LogP contribution in [0.1, 0.15) is 105 Å². The van der Waals surface area contributed by atoms with Gasteiger partial charge in [-0.1, -0.05) is 39.3 Å². The maximum absolute atomic E-state index is 14.2. The monoisotopic (exact) mass is 892 g/mol. The van der Waals surface area contributed by atoms with E-state index in [4.69, 9.17) is 14.2 Å². The van der Waals surface area contributed by atoms with E-state index in [0.717, 1.165) is 61.0 Å². The summed E-state index contributed by atoms with van der Waals surface area (Å²) >= 11 is 0. The van der Waals surface area contributed by atoms with Crippen molar-refractivity contribution < 1.29 is 49.2 Å². The second-order valence-electron chi connectivity index (χ2n) is 19.6. The van der Waals surface area contributed by atoms with E-state index in [2.05, 4.69) is 33.8 Å². The minimum atomic E-state index is -2.45. The predicted octanol–water partition coefficient (Wildman–Crippen LogP) is 7.85. The molecular formula is C50H61BrF3O4P. The van der Waals surface area contributed by atoms with Crippen LogP contribution in [0.2, 0.25) is 0 Å². The molecule has 3 saturated carbocycles. The van der Waals surface area contributed by atoms with Crippen LogP contribution in [0.15, 0.2) is 84.4 Å². The molecule has 4 aliphatic carbocycles. The Balaban J connectivity index is 0.00000484. The van der Waals surface area contributed by atoms with E-state index in [1.54, 1.807) is 36.4 Å². The van der Waals surface area contributed by atoms with Gasteiger partial charge in [-0.05, 0) is 171 Å². The highest BCUT2D eigenvalue weighted by atomic mass is 79.9. The van der Waals surface area contributed by atoms with Gasteiger partial charge in [0.1, 0.15) is 46.7 Å². The minimum absolute atomic E-state index is 0. The van der Waals surface area contributed by atoms with E-state index in [1.165, 1.54) is 61.2 Å². The molecule has 2 saturated heterocycles. The van der Waals surface area contributed by atoms with E-state index in [1.807, 2.05) is 0 Å². The third kappa shape index (κ3) is 7.50. The third-order valence-corrected chi connectivity index (χ3v) is 21.1. The lowest BCUT2D eigenvalue weighted by Gasteiger charge is -2.58. The molecule has 11 atom stereocenters. The summed E-state index contributed by atoms with van der Waals surface area (Å²) < 4.78 is 62.3. The van der Waals surface area contributed by atoms with Crippen molar-refractivity contribution in [3.63, 3.8) is 0 Å². The lowest BCUT2D eigenvalue weighted by atomic mass is 9.47. The molecule has 59 heavy (non-hydrogen) atoms. The first-order valence-electron chi connectivity index (χ1n) is 22.2. The number of ether oxygens (including phenoxy) is 3. The van der Waals surface area contributed by atoms with Gasteiger partial charge in [0.15, 0.2) is 5.79 Å². The molecule has 3 aromatic rings. The Morgan fingerprint density at radius 3 is 1.98 bits per heavy atom. The molecule has 9 rings (SSSR count). The third-order valence-electron chi connectivity index (χ3n) is 16.6. The zero-order valence-electron chi connectivity index (χ0n) is 35.1. The second kappa shape index (κ2) is 16.6. The Labute approximate surface area is 360 Å². The van der Waals surface area contributed by atoms with Gasteiger partial charge < -0.3 is 31.2 Å².